The monoisotopic (exact) mass is 273 g/mol. The fourth-order valence-corrected chi connectivity index (χ4v) is 2.33. The van der Waals surface area contributed by atoms with Crippen molar-refractivity contribution in [2.75, 3.05) is 7.05 Å². The van der Waals surface area contributed by atoms with Crippen molar-refractivity contribution >= 4 is 0 Å². The van der Waals surface area contributed by atoms with Gasteiger partial charge in [-0.05, 0) is 46.9 Å². The first-order valence-electron chi connectivity index (χ1n) is 7.00. The van der Waals surface area contributed by atoms with Gasteiger partial charge in [0, 0.05) is 17.8 Å². The highest BCUT2D eigenvalue weighted by atomic mass is 16.5. The zero-order chi connectivity index (χ0) is 14.7. The Balaban J connectivity index is 2.49. The fraction of sp³-hybridized carbons (Fsp3) is 0.438. The molecule has 4 heteroatoms. The predicted octanol–water partition coefficient (Wildman–Crippen LogP) is 3.00. The van der Waals surface area contributed by atoms with E-state index in [1.165, 1.54) is 5.56 Å². The van der Waals surface area contributed by atoms with E-state index in [2.05, 4.69) is 17.3 Å². The van der Waals surface area contributed by atoms with Crippen LogP contribution in [-0.4, -0.2) is 22.9 Å². The Bertz CT molecular complexity index is 587. The van der Waals surface area contributed by atoms with Gasteiger partial charge in [0.2, 0.25) is 0 Å². The van der Waals surface area contributed by atoms with E-state index < -0.39 is 0 Å². The molecular formula is C16H23N3O. The normalized spacial score (nSPS) is 11.1. The number of rotatable bonds is 5. The van der Waals surface area contributed by atoms with Crippen LogP contribution in [0.15, 0.2) is 24.3 Å². The van der Waals surface area contributed by atoms with Gasteiger partial charge in [0.1, 0.15) is 11.4 Å². The van der Waals surface area contributed by atoms with E-state index in [4.69, 9.17) is 4.74 Å². The van der Waals surface area contributed by atoms with Crippen LogP contribution in [0.1, 0.15) is 30.8 Å². The molecule has 0 radical (unpaired) electrons. The van der Waals surface area contributed by atoms with E-state index >= 15 is 0 Å². The molecule has 1 N–H and O–H groups in total. The van der Waals surface area contributed by atoms with Crippen molar-refractivity contribution in [1.82, 2.24) is 15.1 Å². The first-order chi connectivity index (χ1) is 9.54. The van der Waals surface area contributed by atoms with Crippen LogP contribution in [0.2, 0.25) is 0 Å². The van der Waals surface area contributed by atoms with Crippen LogP contribution in [-0.2, 0) is 6.54 Å². The van der Waals surface area contributed by atoms with Gasteiger partial charge in [-0.15, -0.1) is 0 Å². The van der Waals surface area contributed by atoms with Gasteiger partial charge in [0.05, 0.1) is 11.8 Å². The average Bonchev–Trinajstić information content (AvgIpc) is 2.67. The molecule has 108 valence electrons. The highest BCUT2D eigenvalue weighted by Crippen LogP contribution is 2.26. The number of aryl methyl sites for hydroxylation is 1. The van der Waals surface area contributed by atoms with Crippen molar-refractivity contribution in [3.8, 4) is 11.4 Å². The molecule has 0 fully saturated rings. The van der Waals surface area contributed by atoms with E-state index in [9.17, 15) is 0 Å². The van der Waals surface area contributed by atoms with Crippen LogP contribution < -0.4 is 10.1 Å². The zero-order valence-electron chi connectivity index (χ0n) is 12.9. The van der Waals surface area contributed by atoms with E-state index in [1.807, 2.05) is 56.8 Å². The smallest absolute Gasteiger partial charge is 0.145 e. The third-order valence-corrected chi connectivity index (χ3v) is 3.25. The van der Waals surface area contributed by atoms with Gasteiger partial charge in [-0.1, -0.05) is 12.1 Å². The lowest BCUT2D eigenvalue weighted by atomic mass is 10.2. The van der Waals surface area contributed by atoms with Crippen molar-refractivity contribution in [2.24, 2.45) is 0 Å². The lowest BCUT2D eigenvalue weighted by Gasteiger charge is -2.15. The first-order valence-corrected chi connectivity index (χ1v) is 7.00. The summed E-state index contributed by atoms with van der Waals surface area (Å²) >= 11 is 0. The predicted molar refractivity (Wildman–Crippen MR) is 81.6 cm³/mol. The van der Waals surface area contributed by atoms with Gasteiger partial charge in [-0.25, -0.2) is 4.68 Å². The average molecular weight is 273 g/mol. The Hall–Kier alpha value is -1.81. The van der Waals surface area contributed by atoms with E-state index in [-0.39, 0.29) is 6.10 Å². The molecule has 0 aliphatic rings. The summed E-state index contributed by atoms with van der Waals surface area (Å²) in [6.45, 7) is 9.03. The van der Waals surface area contributed by atoms with Gasteiger partial charge in [0.25, 0.3) is 0 Å². The van der Waals surface area contributed by atoms with Gasteiger partial charge in [-0.3, -0.25) is 0 Å². The van der Waals surface area contributed by atoms with Gasteiger partial charge in [-0.2, -0.15) is 5.10 Å². The summed E-state index contributed by atoms with van der Waals surface area (Å²) in [5.74, 6) is 0.865. The number of ether oxygens (including phenoxy) is 1. The number of aromatic nitrogens is 2. The van der Waals surface area contributed by atoms with Crippen LogP contribution >= 0.6 is 0 Å². The molecule has 0 atom stereocenters. The molecule has 0 amide bonds. The minimum absolute atomic E-state index is 0.143. The molecular weight excluding hydrogens is 250 g/mol. The molecule has 0 saturated heterocycles. The number of nitrogens with one attached hydrogen (secondary N) is 1. The van der Waals surface area contributed by atoms with Gasteiger partial charge < -0.3 is 10.1 Å². The highest BCUT2D eigenvalue weighted by Gasteiger charge is 2.15. The number of hydrogen-bond donors (Lipinski definition) is 1. The van der Waals surface area contributed by atoms with Crippen molar-refractivity contribution in [3.05, 3.63) is 41.2 Å². The van der Waals surface area contributed by atoms with Crippen molar-refractivity contribution in [3.63, 3.8) is 0 Å². The molecule has 20 heavy (non-hydrogen) atoms. The van der Waals surface area contributed by atoms with Gasteiger partial charge >= 0.3 is 0 Å². The summed E-state index contributed by atoms with van der Waals surface area (Å²) in [6.07, 6.45) is 0.143. The number of hydrogen-bond acceptors (Lipinski definition) is 3. The van der Waals surface area contributed by atoms with Crippen molar-refractivity contribution in [2.45, 2.75) is 40.3 Å². The Morgan fingerprint density at radius 3 is 2.60 bits per heavy atom. The second-order valence-electron chi connectivity index (χ2n) is 5.23. The largest absolute Gasteiger partial charge is 0.489 e. The highest BCUT2D eigenvalue weighted by molar-refractivity contribution is 5.48. The summed E-state index contributed by atoms with van der Waals surface area (Å²) in [4.78, 5) is 0. The lowest BCUT2D eigenvalue weighted by molar-refractivity contribution is 0.241. The molecule has 1 aromatic carbocycles. The van der Waals surface area contributed by atoms with Crippen molar-refractivity contribution in [1.29, 1.82) is 0 Å². The number of benzene rings is 1. The van der Waals surface area contributed by atoms with Crippen molar-refractivity contribution < 1.29 is 4.74 Å². The van der Waals surface area contributed by atoms with Crippen LogP contribution in [0.25, 0.3) is 5.69 Å². The number of nitrogens with zero attached hydrogens (tertiary/aromatic N) is 2. The molecule has 4 nitrogen and oxygen atoms in total. The van der Waals surface area contributed by atoms with Crippen LogP contribution in [0.5, 0.6) is 5.75 Å². The second-order valence-corrected chi connectivity index (χ2v) is 5.23. The summed E-state index contributed by atoms with van der Waals surface area (Å²) in [5, 5.41) is 7.86. The minimum Gasteiger partial charge on any atom is -0.489 e. The maximum Gasteiger partial charge on any atom is 0.145 e. The minimum atomic E-state index is 0.143. The molecule has 0 spiro atoms. The lowest BCUT2D eigenvalue weighted by Crippen LogP contribution is -2.10. The first kappa shape index (κ1) is 14.6. The Kier molecular flexibility index (Phi) is 4.45. The number of para-hydroxylation sites is 2. The second kappa shape index (κ2) is 6.09. The third kappa shape index (κ3) is 2.85. The quantitative estimate of drug-likeness (QED) is 0.910. The molecule has 0 bridgehead atoms. The molecule has 0 unspecified atom stereocenters. The maximum atomic E-state index is 5.89. The van der Waals surface area contributed by atoms with Crippen LogP contribution in [0, 0.1) is 13.8 Å². The molecule has 0 aliphatic carbocycles. The molecule has 1 heterocycles. The molecule has 2 rings (SSSR count). The third-order valence-electron chi connectivity index (χ3n) is 3.25. The van der Waals surface area contributed by atoms with E-state index in [0.29, 0.717) is 0 Å². The standard InChI is InChI=1S/C16H23N3O/c1-11(2)20-16-9-7-6-8-15(16)19-13(4)14(10-17-5)12(3)18-19/h6-9,11,17H,10H2,1-5H3. The molecule has 2 aromatic rings. The fourth-order valence-electron chi connectivity index (χ4n) is 2.33. The Morgan fingerprint density at radius 1 is 1.25 bits per heavy atom. The van der Waals surface area contributed by atoms with E-state index in [0.717, 1.165) is 29.4 Å². The maximum absolute atomic E-state index is 5.89. The molecule has 0 saturated carbocycles. The van der Waals surface area contributed by atoms with E-state index in [1.54, 1.807) is 0 Å². The summed E-state index contributed by atoms with van der Waals surface area (Å²) in [7, 11) is 1.95. The molecule has 1 aromatic heterocycles. The SMILES string of the molecule is CNCc1c(C)nn(-c2ccccc2OC(C)C)c1C. The van der Waals surface area contributed by atoms with Gasteiger partial charge in [0.15, 0.2) is 0 Å². The zero-order valence-corrected chi connectivity index (χ0v) is 12.9. The van der Waals surface area contributed by atoms with Crippen LogP contribution in [0.3, 0.4) is 0 Å². The summed E-state index contributed by atoms with van der Waals surface area (Å²) < 4.78 is 7.86. The topological polar surface area (TPSA) is 39.1 Å². The Labute approximate surface area is 120 Å². The Morgan fingerprint density at radius 2 is 1.95 bits per heavy atom. The summed E-state index contributed by atoms with van der Waals surface area (Å²) in [5.41, 5.74) is 4.43. The van der Waals surface area contributed by atoms with Crippen LogP contribution in [0.4, 0.5) is 0 Å². The summed E-state index contributed by atoms with van der Waals surface area (Å²) in [6, 6.07) is 8.03. The molecule has 0 aliphatic heterocycles.